The highest BCUT2D eigenvalue weighted by Crippen LogP contribution is 2.27. The molecule has 1 aliphatic rings. The molecule has 0 saturated carbocycles. The van der Waals surface area contributed by atoms with Crippen molar-refractivity contribution in [2.45, 2.75) is 19.9 Å². The van der Waals surface area contributed by atoms with Crippen LogP contribution in [-0.2, 0) is 23.0 Å². The number of hydrogen-bond donors (Lipinski definition) is 2. The summed E-state index contributed by atoms with van der Waals surface area (Å²) in [5.41, 5.74) is 3.89. The predicted octanol–water partition coefficient (Wildman–Crippen LogP) is 2.59. The van der Waals surface area contributed by atoms with Crippen LogP contribution in [0, 0.1) is 0 Å². The van der Waals surface area contributed by atoms with E-state index in [1.165, 1.54) is 11.3 Å². The third-order valence-corrected chi connectivity index (χ3v) is 4.78. The van der Waals surface area contributed by atoms with Crippen molar-refractivity contribution in [3.63, 3.8) is 0 Å². The Hall–Kier alpha value is -2.54. The Bertz CT molecular complexity index is 909. The first kappa shape index (κ1) is 18.3. The van der Waals surface area contributed by atoms with E-state index in [0.717, 1.165) is 37.3 Å². The molecule has 0 atom stereocenters. The molecule has 0 aromatic heterocycles. The number of guanidine groups is 1. The lowest BCUT2D eigenvalue weighted by molar-refractivity contribution is 0.606. The number of para-hydroxylation sites is 2. The van der Waals surface area contributed by atoms with Gasteiger partial charge < -0.3 is 10.2 Å². The maximum atomic E-state index is 11.6. The zero-order chi connectivity index (χ0) is 18.6. The molecule has 2 aromatic rings. The summed E-state index contributed by atoms with van der Waals surface area (Å²) in [7, 11) is -3.33. The van der Waals surface area contributed by atoms with E-state index < -0.39 is 10.0 Å². The van der Waals surface area contributed by atoms with Crippen molar-refractivity contribution in [3.05, 3.63) is 59.7 Å². The van der Waals surface area contributed by atoms with Gasteiger partial charge in [0.2, 0.25) is 10.0 Å². The van der Waals surface area contributed by atoms with Crippen LogP contribution in [-0.4, -0.2) is 33.7 Å². The number of hydrogen-bond acceptors (Lipinski definition) is 3. The minimum absolute atomic E-state index is 0.389. The summed E-state index contributed by atoms with van der Waals surface area (Å²) in [6, 6.07) is 15.7. The lowest BCUT2D eigenvalue weighted by atomic mass is 10.2. The lowest BCUT2D eigenvalue weighted by Gasteiger charge is -2.22. The molecule has 3 rings (SSSR count). The van der Waals surface area contributed by atoms with Gasteiger partial charge in [0.05, 0.1) is 18.5 Å². The van der Waals surface area contributed by atoms with Crippen LogP contribution in [0.5, 0.6) is 0 Å². The van der Waals surface area contributed by atoms with Gasteiger partial charge in [0.25, 0.3) is 0 Å². The molecule has 0 aliphatic carbocycles. The molecular weight excluding hydrogens is 348 g/mol. The summed E-state index contributed by atoms with van der Waals surface area (Å²) >= 11 is 0. The normalized spacial score (nSPS) is 14.2. The van der Waals surface area contributed by atoms with Crippen LogP contribution >= 0.6 is 0 Å². The molecular formula is C19H24N4O2S. The average molecular weight is 372 g/mol. The van der Waals surface area contributed by atoms with Crippen LogP contribution in [0.1, 0.15) is 18.1 Å². The second-order valence-electron chi connectivity index (χ2n) is 6.23. The van der Waals surface area contributed by atoms with Crippen molar-refractivity contribution in [1.82, 2.24) is 5.32 Å². The molecule has 0 saturated heterocycles. The van der Waals surface area contributed by atoms with Crippen molar-refractivity contribution >= 4 is 27.4 Å². The maximum absolute atomic E-state index is 11.6. The lowest BCUT2D eigenvalue weighted by Crippen LogP contribution is -2.40. The van der Waals surface area contributed by atoms with E-state index in [1.807, 2.05) is 31.2 Å². The maximum Gasteiger partial charge on any atom is 0.229 e. The first-order valence-electron chi connectivity index (χ1n) is 8.67. The smallest absolute Gasteiger partial charge is 0.229 e. The van der Waals surface area contributed by atoms with Gasteiger partial charge in [-0.25, -0.2) is 13.4 Å². The van der Waals surface area contributed by atoms with E-state index >= 15 is 0 Å². The number of sulfonamides is 1. The summed E-state index contributed by atoms with van der Waals surface area (Å²) in [6.07, 6.45) is 2.14. The van der Waals surface area contributed by atoms with Crippen LogP contribution in [0.3, 0.4) is 0 Å². The van der Waals surface area contributed by atoms with Gasteiger partial charge in [-0.2, -0.15) is 0 Å². The highest BCUT2D eigenvalue weighted by molar-refractivity contribution is 7.92. The first-order valence-corrected chi connectivity index (χ1v) is 10.6. The zero-order valence-electron chi connectivity index (χ0n) is 15.1. The molecule has 0 amide bonds. The number of fused-ring (bicyclic) bond motifs is 1. The molecule has 0 bridgehead atoms. The van der Waals surface area contributed by atoms with Gasteiger partial charge in [0.15, 0.2) is 5.96 Å². The second-order valence-corrected chi connectivity index (χ2v) is 7.98. The summed E-state index contributed by atoms with van der Waals surface area (Å²) < 4.78 is 25.7. The van der Waals surface area contributed by atoms with Crippen LogP contribution in [0.2, 0.25) is 0 Å². The molecule has 138 valence electrons. The van der Waals surface area contributed by atoms with Gasteiger partial charge in [-0.15, -0.1) is 0 Å². The van der Waals surface area contributed by atoms with Gasteiger partial charge in [-0.3, -0.25) is 4.72 Å². The van der Waals surface area contributed by atoms with Gasteiger partial charge in [-0.05, 0) is 36.6 Å². The highest BCUT2D eigenvalue weighted by atomic mass is 32.2. The van der Waals surface area contributed by atoms with E-state index in [1.54, 1.807) is 6.07 Å². The van der Waals surface area contributed by atoms with E-state index in [0.29, 0.717) is 12.2 Å². The van der Waals surface area contributed by atoms with Gasteiger partial charge in [0.1, 0.15) is 0 Å². The fraction of sp³-hybridized carbons (Fsp3) is 0.316. The number of aliphatic imine (C=N–C) groups is 1. The number of nitrogens with one attached hydrogen (secondary N) is 2. The Labute approximate surface area is 155 Å². The average Bonchev–Trinajstić information content (AvgIpc) is 3.02. The van der Waals surface area contributed by atoms with Crippen LogP contribution in [0.25, 0.3) is 0 Å². The summed E-state index contributed by atoms with van der Waals surface area (Å²) in [6.45, 7) is 4.07. The Kier molecular flexibility index (Phi) is 5.46. The summed E-state index contributed by atoms with van der Waals surface area (Å²) in [5.74, 6) is 0.812. The number of nitrogens with zero attached hydrogens (tertiary/aromatic N) is 2. The SMILES string of the molecule is CCNC(=NCc1ccccc1NS(C)(=O)=O)N1CCc2ccccc21. The minimum atomic E-state index is -3.33. The largest absolute Gasteiger partial charge is 0.356 e. The first-order chi connectivity index (χ1) is 12.5. The zero-order valence-corrected chi connectivity index (χ0v) is 15.9. The van der Waals surface area contributed by atoms with Crippen molar-refractivity contribution in [1.29, 1.82) is 0 Å². The van der Waals surface area contributed by atoms with Crippen molar-refractivity contribution in [2.24, 2.45) is 4.99 Å². The molecule has 7 heteroatoms. The van der Waals surface area contributed by atoms with E-state index in [4.69, 9.17) is 4.99 Å². The number of anilines is 2. The molecule has 0 unspecified atom stereocenters. The van der Waals surface area contributed by atoms with Gasteiger partial charge in [-0.1, -0.05) is 36.4 Å². The molecule has 6 nitrogen and oxygen atoms in total. The quantitative estimate of drug-likeness (QED) is 0.625. The van der Waals surface area contributed by atoms with E-state index in [9.17, 15) is 8.42 Å². The van der Waals surface area contributed by atoms with Crippen LogP contribution < -0.4 is 14.9 Å². The highest BCUT2D eigenvalue weighted by Gasteiger charge is 2.22. The molecule has 0 fully saturated rings. The third kappa shape index (κ3) is 4.35. The molecule has 26 heavy (non-hydrogen) atoms. The van der Waals surface area contributed by atoms with Crippen molar-refractivity contribution in [3.8, 4) is 0 Å². The van der Waals surface area contributed by atoms with E-state index in [2.05, 4.69) is 33.1 Å². The molecule has 1 aliphatic heterocycles. The standard InChI is InChI=1S/C19H24N4O2S/c1-3-20-19(23-13-12-15-8-5-7-11-18(15)23)21-14-16-9-4-6-10-17(16)22-26(2,24)25/h4-11,22H,3,12-14H2,1-2H3,(H,20,21). The fourth-order valence-corrected chi connectivity index (χ4v) is 3.67. The molecule has 2 N–H and O–H groups in total. The Balaban J connectivity index is 1.86. The topological polar surface area (TPSA) is 73.8 Å². The van der Waals surface area contributed by atoms with Gasteiger partial charge >= 0.3 is 0 Å². The second kappa shape index (κ2) is 7.78. The van der Waals surface area contributed by atoms with Crippen LogP contribution in [0.15, 0.2) is 53.5 Å². The Morgan fingerprint density at radius 1 is 1.15 bits per heavy atom. The van der Waals surface area contributed by atoms with Gasteiger partial charge in [0, 0.05) is 18.8 Å². The third-order valence-electron chi connectivity index (χ3n) is 4.19. The monoisotopic (exact) mass is 372 g/mol. The molecule has 0 spiro atoms. The molecule has 2 aromatic carbocycles. The Morgan fingerprint density at radius 3 is 2.65 bits per heavy atom. The Morgan fingerprint density at radius 2 is 1.88 bits per heavy atom. The molecule has 0 radical (unpaired) electrons. The predicted molar refractivity (Wildman–Crippen MR) is 107 cm³/mol. The summed E-state index contributed by atoms with van der Waals surface area (Å²) in [4.78, 5) is 6.94. The fourth-order valence-electron chi connectivity index (χ4n) is 3.07. The summed E-state index contributed by atoms with van der Waals surface area (Å²) in [5, 5.41) is 3.34. The van der Waals surface area contributed by atoms with Crippen molar-refractivity contribution in [2.75, 3.05) is 29.0 Å². The number of benzene rings is 2. The molecule has 1 heterocycles. The van der Waals surface area contributed by atoms with E-state index in [-0.39, 0.29) is 0 Å². The van der Waals surface area contributed by atoms with Crippen LogP contribution in [0.4, 0.5) is 11.4 Å². The number of rotatable bonds is 5. The van der Waals surface area contributed by atoms with Crippen molar-refractivity contribution < 1.29 is 8.42 Å². The minimum Gasteiger partial charge on any atom is -0.356 e.